The van der Waals surface area contributed by atoms with Crippen molar-refractivity contribution in [1.29, 1.82) is 0 Å². The molecular weight excluding hydrogens is 406 g/mol. The van der Waals surface area contributed by atoms with E-state index in [1.807, 2.05) is 37.3 Å². The molecule has 9 nitrogen and oxygen atoms in total. The van der Waals surface area contributed by atoms with Crippen molar-refractivity contribution in [2.24, 2.45) is 0 Å². The summed E-state index contributed by atoms with van der Waals surface area (Å²) in [5.41, 5.74) is 1.89. The highest BCUT2D eigenvalue weighted by Crippen LogP contribution is 2.36. The smallest absolute Gasteiger partial charge is 0.240 e. The van der Waals surface area contributed by atoms with Gasteiger partial charge >= 0.3 is 0 Å². The lowest BCUT2D eigenvalue weighted by Crippen LogP contribution is -2.44. The molecule has 4 atom stereocenters. The quantitative estimate of drug-likeness (QED) is 0.654. The topological polar surface area (TPSA) is 108 Å². The van der Waals surface area contributed by atoms with Crippen LogP contribution in [0, 0.1) is 6.92 Å². The number of tetrazole rings is 1. The Hall–Kier alpha value is -2.66. The van der Waals surface area contributed by atoms with Crippen LogP contribution in [0.3, 0.4) is 0 Å². The summed E-state index contributed by atoms with van der Waals surface area (Å²) >= 11 is 0. The number of rotatable bonds is 5. The Balaban J connectivity index is 1.35. The Morgan fingerprint density at radius 2 is 1.73 bits per heavy atom. The molecule has 156 valence electrons. The largest absolute Gasteiger partial charge is 0.371 e. The predicted octanol–water partition coefficient (Wildman–Crippen LogP) is 1.33. The fourth-order valence-electron chi connectivity index (χ4n) is 3.97. The van der Waals surface area contributed by atoms with Gasteiger partial charge in [0, 0.05) is 5.56 Å². The first kappa shape index (κ1) is 19.3. The van der Waals surface area contributed by atoms with Crippen LogP contribution in [0.2, 0.25) is 0 Å². The maximum Gasteiger partial charge on any atom is 0.240 e. The standard InChI is InChI=1S/C20H21N5O4S/c1-13-7-9-15(10-8-13)30(26,27)22-16-11-28-19-17(12-29-18(16)19)25-20(21-23-24-25)14-5-3-2-4-6-14/h2-10,16-19,22H,11-12H2,1H3/t16-,17+,18-,19+/m1/s1. The van der Waals surface area contributed by atoms with Crippen LogP contribution in [-0.4, -0.2) is 60.1 Å². The molecule has 3 heterocycles. The average molecular weight is 427 g/mol. The fourth-order valence-corrected chi connectivity index (χ4v) is 5.20. The number of sulfonamides is 1. The van der Waals surface area contributed by atoms with Crippen molar-refractivity contribution in [3.8, 4) is 11.4 Å². The fraction of sp³-hybridized carbons (Fsp3) is 0.350. The van der Waals surface area contributed by atoms with E-state index in [2.05, 4.69) is 20.2 Å². The summed E-state index contributed by atoms with van der Waals surface area (Å²) in [7, 11) is -3.68. The molecule has 0 amide bonds. The van der Waals surface area contributed by atoms with Crippen LogP contribution in [-0.2, 0) is 19.5 Å². The molecule has 5 rings (SSSR count). The SMILES string of the molecule is Cc1ccc(S(=O)(=O)N[C@@H]2CO[C@@H]3[C@@H]2OC[C@@H]3n2nnnc2-c2ccccc2)cc1. The van der Waals surface area contributed by atoms with Crippen molar-refractivity contribution >= 4 is 10.0 Å². The Morgan fingerprint density at radius 1 is 1.00 bits per heavy atom. The molecule has 0 radical (unpaired) electrons. The molecular formula is C20H21N5O4S. The summed E-state index contributed by atoms with van der Waals surface area (Å²) in [6.07, 6.45) is -0.760. The van der Waals surface area contributed by atoms with E-state index in [9.17, 15) is 8.42 Å². The van der Waals surface area contributed by atoms with E-state index in [1.165, 1.54) is 0 Å². The molecule has 0 saturated carbocycles. The van der Waals surface area contributed by atoms with Crippen molar-refractivity contribution in [1.82, 2.24) is 24.9 Å². The molecule has 2 saturated heterocycles. The molecule has 1 N–H and O–H groups in total. The number of ether oxygens (including phenoxy) is 2. The van der Waals surface area contributed by atoms with Gasteiger partial charge in [-0.15, -0.1) is 5.10 Å². The van der Waals surface area contributed by atoms with Gasteiger partial charge in [-0.25, -0.2) is 17.8 Å². The van der Waals surface area contributed by atoms with E-state index in [1.54, 1.807) is 28.9 Å². The monoisotopic (exact) mass is 427 g/mol. The second-order valence-corrected chi connectivity index (χ2v) is 9.23. The van der Waals surface area contributed by atoms with Gasteiger partial charge in [0.25, 0.3) is 0 Å². The van der Waals surface area contributed by atoms with Gasteiger partial charge in [0.15, 0.2) is 5.82 Å². The van der Waals surface area contributed by atoms with E-state index in [0.717, 1.165) is 11.1 Å². The zero-order valence-electron chi connectivity index (χ0n) is 16.2. The minimum atomic E-state index is -3.68. The summed E-state index contributed by atoms with van der Waals surface area (Å²) in [5.74, 6) is 0.622. The van der Waals surface area contributed by atoms with E-state index in [-0.39, 0.29) is 23.6 Å². The Kier molecular flexibility index (Phi) is 4.86. The third kappa shape index (κ3) is 3.41. The highest BCUT2D eigenvalue weighted by molar-refractivity contribution is 7.89. The molecule has 0 aliphatic carbocycles. The van der Waals surface area contributed by atoms with Crippen LogP contribution < -0.4 is 4.72 Å². The van der Waals surface area contributed by atoms with E-state index in [0.29, 0.717) is 12.4 Å². The Bertz CT molecular complexity index is 1130. The third-order valence-corrected chi connectivity index (χ3v) is 7.01. The van der Waals surface area contributed by atoms with Crippen LogP contribution in [0.15, 0.2) is 59.5 Å². The van der Waals surface area contributed by atoms with E-state index in [4.69, 9.17) is 9.47 Å². The highest BCUT2D eigenvalue weighted by atomic mass is 32.2. The first-order valence-electron chi connectivity index (χ1n) is 9.68. The number of nitrogens with zero attached hydrogens (tertiary/aromatic N) is 4. The summed E-state index contributed by atoms with van der Waals surface area (Å²) in [6.45, 7) is 2.47. The lowest BCUT2D eigenvalue weighted by molar-refractivity contribution is 0.0626. The second kappa shape index (κ2) is 7.55. The summed E-state index contributed by atoms with van der Waals surface area (Å²) in [4.78, 5) is 0.220. The number of nitrogens with one attached hydrogen (secondary N) is 1. The van der Waals surface area contributed by atoms with E-state index < -0.39 is 22.2 Å². The number of fused-ring (bicyclic) bond motifs is 1. The van der Waals surface area contributed by atoms with Crippen LogP contribution in [0.5, 0.6) is 0 Å². The molecule has 10 heteroatoms. The number of aryl methyl sites for hydroxylation is 1. The summed E-state index contributed by atoms with van der Waals surface area (Å²) < 4.78 is 41.9. The van der Waals surface area contributed by atoms with Crippen molar-refractivity contribution in [2.45, 2.75) is 36.1 Å². The minimum Gasteiger partial charge on any atom is -0.371 e. The molecule has 30 heavy (non-hydrogen) atoms. The number of hydrogen-bond donors (Lipinski definition) is 1. The van der Waals surface area contributed by atoms with Crippen LogP contribution in [0.1, 0.15) is 11.6 Å². The number of benzene rings is 2. The maximum atomic E-state index is 12.8. The Labute approximate surface area is 174 Å². The lowest BCUT2D eigenvalue weighted by atomic mass is 10.1. The summed E-state index contributed by atoms with van der Waals surface area (Å²) in [5, 5.41) is 12.1. The summed E-state index contributed by atoms with van der Waals surface area (Å²) in [6, 6.07) is 15.6. The van der Waals surface area contributed by atoms with Crippen LogP contribution in [0.25, 0.3) is 11.4 Å². The average Bonchev–Trinajstić information content (AvgIpc) is 3.46. The van der Waals surface area contributed by atoms with Crippen LogP contribution in [0.4, 0.5) is 0 Å². The molecule has 2 aliphatic rings. The predicted molar refractivity (Wildman–Crippen MR) is 107 cm³/mol. The Morgan fingerprint density at radius 3 is 2.50 bits per heavy atom. The van der Waals surface area contributed by atoms with Gasteiger partial charge in [0.1, 0.15) is 18.2 Å². The van der Waals surface area contributed by atoms with Crippen molar-refractivity contribution in [3.63, 3.8) is 0 Å². The first-order valence-corrected chi connectivity index (χ1v) is 11.2. The van der Waals surface area contributed by atoms with E-state index >= 15 is 0 Å². The van der Waals surface area contributed by atoms with Gasteiger partial charge in [0.2, 0.25) is 10.0 Å². The lowest BCUT2D eigenvalue weighted by Gasteiger charge is -2.18. The van der Waals surface area contributed by atoms with Gasteiger partial charge in [-0.1, -0.05) is 48.0 Å². The van der Waals surface area contributed by atoms with Crippen molar-refractivity contribution in [3.05, 3.63) is 60.2 Å². The minimum absolute atomic E-state index is 0.220. The number of hydrogen-bond acceptors (Lipinski definition) is 7. The van der Waals surface area contributed by atoms with Crippen molar-refractivity contribution < 1.29 is 17.9 Å². The van der Waals surface area contributed by atoms with Gasteiger partial charge in [-0.05, 0) is 29.5 Å². The molecule has 0 bridgehead atoms. The zero-order valence-corrected chi connectivity index (χ0v) is 17.1. The first-order chi connectivity index (χ1) is 14.5. The molecule has 0 unspecified atom stereocenters. The van der Waals surface area contributed by atoms with Gasteiger partial charge in [-0.2, -0.15) is 0 Å². The van der Waals surface area contributed by atoms with Gasteiger partial charge in [0.05, 0.1) is 24.2 Å². The molecule has 2 aliphatic heterocycles. The number of aromatic nitrogens is 4. The normalized spacial score (nSPS) is 26.0. The molecule has 1 aromatic heterocycles. The maximum absolute atomic E-state index is 12.8. The zero-order chi connectivity index (χ0) is 20.7. The highest BCUT2D eigenvalue weighted by Gasteiger charge is 2.50. The molecule has 0 spiro atoms. The van der Waals surface area contributed by atoms with Gasteiger partial charge in [-0.3, -0.25) is 0 Å². The van der Waals surface area contributed by atoms with Crippen LogP contribution >= 0.6 is 0 Å². The van der Waals surface area contributed by atoms with Gasteiger partial charge < -0.3 is 9.47 Å². The molecule has 3 aromatic rings. The molecule has 2 aromatic carbocycles. The van der Waals surface area contributed by atoms with Crippen molar-refractivity contribution in [2.75, 3.05) is 13.2 Å². The third-order valence-electron chi connectivity index (χ3n) is 5.50. The second-order valence-electron chi connectivity index (χ2n) is 7.52. The molecule has 2 fully saturated rings.